The number of methoxy groups -OCH3 is 1. The standard InChI is InChI=1S/C13H13F3N2O2/c1-20-11(19)7-4-8-18-10-6-3-2-5-9(10)17-12(18)13(14,15)16/h2-3,5-6H,4,7-8H2,1H3. The zero-order chi connectivity index (χ0) is 14.8. The molecule has 0 saturated heterocycles. The number of aryl methyl sites for hydroxylation is 1. The third-order valence-electron chi connectivity index (χ3n) is 2.90. The molecule has 0 N–H and O–H groups in total. The Kier molecular flexibility index (Phi) is 3.96. The summed E-state index contributed by atoms with van der Waals surface area (Å²) in [7, 11) is 1.25. The van der Waals surface area contributed by atoms with Crippen molar-refractivity contribution in [3.63, 3.8) is 0 Å². The number of rotatable bonds is 4. The number of hydrogen-bond donors (Lipinski definition) is 0. The number of carbonyl (C=O) groups excluding carboxylic acids is 1. The average molecular weight is 286 g/mol. The summed E-state index contributed by atoms with van der Waals surface area (Å²) in [6.45, 7) is 0.0600. The van der Waals surface area contributed by atoms with Crippen LogP contribution in [-0.2, 0) is 22.3 Å². The molecule has 0 fully saturated rings. The monoisotopic (exact) mass is 286 g/mol. The fourth-order valence-electron chi connectivity index (χ4n) is 2.00. The van der Waals surface area contributed by atoms with Gasteiger partial charge >= 0.3 is 12.1 Å². The number of fused-ring (bicyclic) bond motifs is 1. The number of carbonyl (C=O) groups is 1. The largest absolute Gasteiger partial charge is 0.469 e. The molecule has 1 aromatic heterocycles. The molecular weight excluding hydrogens is 273 g/mol. The lowest BCUT2D eigenvalue weighted by Gasteiger charge is -2.10. The quantitative estimate of drug-likeness (QED) is 0.811. The first-order valence-electron chi connectivity index (χ1n) is 6.03. The number of nitrogens with zero attached hydrogens (tertiary/aromatic N) is 2. The molecule has 0 amide bonds. The van der Waals surface area contributed by atoms with E-state index in [4.69, 9.17) is 0 Å². The molecule has 0 aliphatic heterocycles. The van der Waals surface area contributed by atoms with Crippen LogP contribution in [0.1, 0.15) is 18.7 Å². The van der Waals surface area contributed by atoms with E-state index in [-0.39, 0.29) is 24.9 Å². The summed E-state index contributed by atoms with van der Waals surface area (Å²) in [5.41, 5.74) is 0.697. The zero-order valence-electron chi connectivity index (χ0n) is 10.8. The molecule has 1 aromatic carbocycles. The molecule has 0 saturated carbocycles. The molecule has 20 heavy (non-hydrogen) atoms. The van der Waals surface area contributed by atoms with Crippen LogP contribution in [0.15, 0.2) is 24.3 Å². The number of halogens is 3. The van der Waals surface area contributed by atoms with E-state index < -0.39 is 18.0 Å². The van der Waals surface area contributed by atoms with E-state index in [0.29, 0.717) is 5.52 Å². The Morgan fingerprint density at radius 2 is 2.05 bits per heavy atom. The third kappa shape index (κ3) is 2.92. The predicted octanol–water partition coefficient (Wildman–Crippen LogP) is 3.01. The molecule has 4 nitrogen and oxygen atoms in total. The van der Waals surface area contributed by atoms with Gasteiger partial charge in [0, 0.05) is 13.0 Å². The van der Waals surface area contributed by atoms with Crippen molar-refractivity contribution >= 4 is 17.0 Å². The van der Waals surface area contributed by atoms with Crippen molar-refractivity contribution in [2.24, 2.45) is 0 Å². The van der Waals surface area contributed by atoms with Crippen molar-refractivity contribution < 1.29 is 22.7 Å². The van der Waals surface area contributed by atoms with Gasteiger partial charge in [0.1, 0.15) is 0 Å². The predicted molar refractivity (Wildman–Crippen MR) is 66.0 cm³/mol. The molecular formula is C13H13F3N2O2. The van der Waals surface area contributed by atoms with Gasteiger partial charge in [-0.2, -0.15) is 13.2 Å². The van der Waals surface area contributed by atoms with E-state index >= 15 is 0 Å². The zero-order valence-corrected chi connectivity index (χ0v) is 10.8. The van der Waals surface area contributed by atoms with E-state index in [1.54, 1.807) is 18.2 Å². The number of imidazole rings is 1. The summed E-state index contributed by atoms with van der Waals surface area (Å²) < 4.78 is 44.5. The van der Waals surface area contributed by atoms with E-state index in [0.717, 1.165) is 4.57 Å². The Hall–Kier alpha value is -2.05. The van der Waals surface area contributed by atoms with Crippen LogP contribution in [0, 0.1) is 0 Å². The summed E-state index contributed by atoms with van der Waals surface area (Å²) in [4.78, 5) is 14.6. The number of esters is 1. The number of hydrogen-bond acceptors (Lipinski definition) is 3. The van der Waals surface area contributed by atoms with E-state index in [1.807, 2.05) is 0 Å². The molecule has 1 heterocycles. The normalized spacial score (nSPS) is 11.8. The summed E-state index contributed by atoms with van der Waals surface area (Å²) in [6, 6.07) is 6.40. The van der Waals surface area contributed by atoms with Gasteiger partial charge in [-0.1, -0.05) is 12.1 Å². The number of benzene rings is 1. The van der Waals surface area contributed by atoms with Crippen LogP contribution in [0.2, 0.25) is 0 Å². The lowest BCUT2D eigenvalue weighted by Crippen LogP contribution is -2.15. The van der Waals surface area contributed by atoms with E-state index in [1.165, 1.54) is 13.2 Å². The average Bonchev–Trinajstić information content (AvgIpc) is 2.78. The molecule has 0 unspecified atom stereocenters. The lowest BCUT2D eigenvalue weighted by atomic mass is 10.3. The molecule has 2 rings (SSSR count). The summed E-state index contributed by atoms with van der Waals surface area (Å²) in [5.74, 6) is -1.38. The SMILES string of the molecule is COC(=O)CCCn1c(C(F)(F)F)nc2ccccc21. The highest BCUT2D eigenvalue weighted by Crippen LogP contribution is 2.31. The highest BCUT2D eigenvalue weighted by Gasteiger charge is 2.37. The topological polar surface area (TPSA) is 44.1 Å². The van der Waals surface area contributed by atoms with Crippen LogP contribution in [0.4, 0.5) is 13.2 Å². The van der Waals surface area contributed by atoms with Crippen molar-refractivity contribution in [3.05, 3.63) is 30.1 Å². The van der Waals surface area contributed by atoms with Crippen LogP contribution in [0.25, 0.3) is 11.0 Å². The van der Waals surface area contributed by atoms with Gasteiger partial charge in [-0.25, -0.2) is 4.98 Å². The highest BCUT2D eigenvalue weighted by molar-refractivity contribution is 5.76. The van der Waals surface area contributed by atoms with Gasteiger partial charge in [-0.3, -0.25) is 4.79 Å². The van der Waals surface area contributed by atoms with Crippen LogP contribution in [-0.4, -0.2) is 22.6 Å². The Bertz CT molecular complexity index is 620. The van der Waals surface area contributed by atoms with Crippen LogP contribution in [0.5, 0.6) is 0 Å². The van der Waals surface area contributed by atoms with Gasteiger partial charge in [0.15, 0.2) is 0 Å². The first kappa shape index (κ1) is 14.4. The molecule has 108 valence electrons. The van der Waals surface area contributed by atoms with Crippen LogP contribution < -0.4 is 0 Å². The number of alkyl halides is 3. The van der Waals surface area contributed by atoms with Gasteiger partial charge in [-0.15, -0.1) is 0 Å². The van der Waals surface area contributed by atoms with Gasteiger partial charge in [0.2, 0.25) is 5.82 Å². The molecule has 2 aromatic rings. The van der Waals surface area contributed by atoms with Gasteiger partial charge in [-0.05, 0) is 18.6 Å². The first-order chi connectivity index (χ1) is 9.43. The van der Waals surface area contributed by atoms with Gasteiger partial charge < -0.3 is 9.30 Å². The minimum atomic E-state index is -4.52. The minimum Gasteiger partial charge on any atom is -0.469 e. The van der Waals surface area contributed by atoms with E-state index in [2.05, 4.69) is 9.72 Å². The second-order valence-electron chi connectivity index (χ2n) is 4.25. The summed E-state index contributed by atoms with van der Waals surface area (Å²) in [5, 5.41) is 0. The third-order valence-corrected chi connectivity index (χ3v) is 2.90. The highest BCUT2D eigenvalue weighted by atomic mass is 19.4. The summed E-state index contributed by atoms with van der Waals surface area (Å²) in [6.07, 6.45) is -4.19. The Morgan fingerprint density at radius 3 is 2.70 bits per heavy atom. The van der Waals surface area contributed by atoms with Crippen molar-refractivity contribution in [1.82, 2.24) is 9.55 Å². The summed E-state index contributed by atoms with van der Waals surface area (Å²) >= 11 is 0. The maximum atomic E-state index is 13.0. The lowest BCUT2D eigenvalue weighted by molar-refractivity contribution is -0.147. The van der Waals surface area contributed by atoms with Gasteiger partial charge in [0.05, 0.1) is 18.1 Å². The molecule has 0 spiro atoms. The molecule has 0 aliphatic rings. The van der Waals surface area contributed by atoms with E-state index in [9.17, 15) is 18.0 Å². The van der Waals surface area contributed by atoms with Crippen LogP contribution in [0.3, 0.4) is 0 Å². The first-order valence-corrected chi connectivity index (χ1v) is 6.03. The molecule has 0 aliphatic carbocycles. The van der Waals surface area contributed by atoms with Crippen molar-refractivity contribution in [2.45, 2.75) is 25.6 Å². The fourth-order valence-corrected chi connectivity index (χ4v) is 2.00. The Morgan fingerprint density at radius 1 is 1.35 bits per heavy atom. The maximum Gasteiger partial charge on any atom is 0.449 e. The van der Waals surface area contributed by atoms with Crippen molar-refractivity contribution in [1.29, 1.82) is 0 Å². The Labute approximate surface area is 113 Å². The van der Waals surface area contributed by atoms with Crippen molar-refractivity contribution in [3.8, 4) is 0 Å². The number of ether oxygens (including phenoxy) is 1. The number of para-hydroxylation sites is 2. The minimum absolute atomic E-state index is 0.0600. The molecule has 0 atom stereocenters. The van der Waals surface area contributed by atoms with Crippen molar-refractivity contribution in [2.75, 3.05) is 7.11 Å². The van der Waals surface area contributed by atoms with Gasteiger partial charge in [0.25, 0.3) is 0 Å². The second-order valence-corrected chi connectivity index (χ2v) is 4.25. The van der Waals surface area contributed by atoms with Crippen LogP contribution >= 0.6 is 0 Å². The maximum absolute atomic E-state index is 13.0. The Balaban J connectivity index is 2.31. The molecule has 7 heteroatoms. The molecule has 0 radical (unpaired) electrons. The molecule has 0 bridgehead atoms. The number of aromatic nitrogens is 2. The second kappa shape index (κ2) is 5.52. The smallest absolute Gasteiger partial charge is 0.449 e. The fraction of sp³-hybridized carbons (Fsp3) is 0.385.